The van der Waals surface area contributed by atoms with Crippen LogP contribution in [0, 0.1) is 0 Å². The fourth-order valence-corrected chi connectivity index (χ4v) is 4.66. The maximum atomic E-state index is 11.6. The standard InChI is InChI=1S/C20H32O10/c1-8-12(13-15(17(22)23-8)29-19(4,5)27-13)26-18-16-14(28-20(6,7)30-16)11(9(2)24-18)25-10(3)21/h8-9,11-18,22H,1-7H3/t8-,9-,11-,12-,13+,14+,15+,16+,17+,18-/m0/s1. The predicted octanol–water partition coefficient (Wildman–Crippen LogP) is 0.825. The highest BCUT2D eigenvalue weighted by atomic mass is 16.8. The molecule has 4 fully saturated rings. The number of fused-ring (bicyclic) bond motifs is 2. The van der Waals surface area contributed by atoms with E-state index in [0.29, 0.717) is 0 Å². The highest BCUT2D eigenvalue weighted by molar-refractivity contribution is 5.66. The van der Waals surface area contributed by atoms with Crippen LogP contribution in [0.1, 0.15) is 48.5 Å². The van der Waals surface area contributed by atoms with E-state index in [9.17, 15) is 9.90 Å². The second-order valence-corrected chi connectivity index (χ2v) is 9.25. The van der Waals surface area contributed by atoms with Gasteiger partial charge in [0, 0.05) is 6.92 Å². The molecule has 0 aliphatic carbocycles. The quantitative estimate of drug-likeness (QED) is 0.644. The zero-order valence-electron chi connectivity index (χ0n) is 18.4. The van der Waals surface area contributed by atoms with E-state index in [4.69, 9.17) is 37.9 Å². The number of aliphatic hydroxyl groups excluding tert-OH is 1. The average molecular weight is 432 g/mol. The molecule has 30 heavy (non-hydrogen) atoms. The largest absolute Gasteiger partial charge is 0.457 e. The van der Waals surface area contributed by atoms with Crippen molar-refractivity contribution in [3.05, 3.63) is 0 Å². The SMILES string of the molecule is CC(=O)O[C@@H]1[C@H]2OC(C)(C)O[C@H]2[C@H](O[C@@H]2[C@H]3OC(C)(C)O[C@H]3[C@H](O)O[C@H]2C)O[C@H]1C. The van der Waals surface area contributed by atoms with Crippen LogP contribution in [-0.4, -0.2) is 84.1 Å². The first kappa shape index (κ1) is 22.3. The van der Waals surface area contributed by atoms with E-state index in [-0.39, 0.29) is 0 Å². The van der Waals surface area contributed by atoms with Crippen LogP contribution in [-0.2, 0) is 42.7 Å². The second kappa shape index (κ2) is 7.63. The molecule has 0 saturated carbocycles. The van der Waals surface area contributed by atoms with E-state index in [1.807, 2.05) is 0 Å². The number of esters is 1. The summed E-state index contributed by atoms with van der Waals surface area (Å²) in [5, 5.41) is 10.3. The molecule has 1 N–H and O–H groups in total. The van der Waals surface area contributed by atoms with Crippen molar-refractivity contribution in [3.63, 3.8) is 0 Å². The Morgan fingerprint density at radius 2 is 1.30 bits per heavy atom. The van der Waals surface area contributed by atoms with Crippen LogP contribution < -0.4 is 0 Å². The minimum atomic E-state index is -1.12. The number of aliphatic hydroxyl groups is 1. The van der Waals surface area contributed by atoms with E-state index in [1.165, 1.54) is 6.92 Å². The topological polar surface area (TPSA) is 111 Å². The number of rotatable bonds is 3. The minimum Gasteiger partial charge on any atom is -0.457 e. The van der Waals surface area contributed by atoms with Crippen LogP contribution in [0.5, 0.6) is 0 Å². The molecule has 4 saturated heterocycles. The van der Waals surface area contributed by atoms with Gasteiger partial charge in [-0.2, -0.15) is 0 Å². The first-order chi connectivity index (χ1) is 13.9. The van der Waals surface area contributed by atoms with Gasteiger partial charge in [0.2, 0.25) is 0 Å². The normalized spacial score (nSPS) is 49.3. The highest BCUT2D eigenvalue weighted by Crippen LogP contribution is 2.42. The van der Waals surface area contributed by atoms with Crippen LogP contribution in [0.3, 0.4) is 0 Å². The van der Waals surface area contributed by atoms with Gasteiger partial charge in [-0.1, -0.05) is 0 Å². The van der Waals surface area contributed by atoms with Crippen molar-refractivity contribution in [3.8, 4) is 0 Å². The summed E-state index contributed by atoms with van der Waals surface area (Å²) in [5.74, 6) is -2.21. The van der Waals surface area contributed by atoms with Gasteiger partial charge in [-0.25, -0.2) is 0 Å². The smallest absolute Gasteiger partial charge is 0.303 e. The number of hydrogen-bond acceptors (Lipinski definition) is 10. The Hall–Kier alpha value is -0.850. The van der Waals surface area contributed by atoms with Gasteiger partial charge in [0.1, 0.15) is 30.5 Å². The third-order valence-electron chi connectivity index (χ3n) is 5.75. The number of carbonyl (C=O) groups is 1. The highest BCUT2D eigenvalue weighted by Gasteiger charge is 2.59. The number of ether oxygens (including phenoxy) is 8. The third-order valence-corrected chi connectivity index (χ3v) is 5.75. The van der Waals surface area contributed by atoms with Gasteiger partial charge in [-0.05, 0) is 41.5 Å². The van der Waals surface area contributed by atoms with E-state index < -0.39 is 79.0 Å². The van der Waals surface area contributed by atoms with E-state index >= 15 is 0 Å². The summed E-state index contributed by atoms with van der Waals surface area (Å²) in [6.45, 7) is 12.0. The molecule has 0 bridgehead atoms. The molecule has 10 nitrogen and oxygen atoms in total. The van der Waals surface area contributed by atoms with Gasteiger partial charge in [0.05, 0.1) is 12.2 Å². The van der Waals surface area contributed by atoms with Gasteiger partial charge in [0.25, 0.3) is 0 Å². The van der Waals surface area contributed by atoms with Crippen molar-refractivity contribution in [1.29, 1.82) is 0 Å². The van der Waals surface area contributed by atoms with E-state index in [2.05, 4.69) is 0 Å². The summed E-state index contributed by atoms with van der Waals surface area (Å²) >= 11 is 0. The summed E-state index contributed by atoms with van der Waals surface area (Å²) in [6.07, 6.45) is -6.58. The lowest BCUT2D eigenvalue weighted by molar-refractivity contribution is -0.328. The Kier molecular flexibility index (Phi) is 5.68. The Labute approximate surface area is 176 Å². The molecule has 0 spiro atoms. The maximum Gasteiger partial charge on any atom is 0.303 e. The minimum absolute atomic E-state index is 0.424. The molecule has 0 radical (unpaired) electrons. The molecule has 0 amide bonds. The number of carbonyl (C=O) groups excluding carboxylic acids is 1. The Bertz CT molecular complexity index is 666. The summed E-state index contributed by atoms with van der Waals surface area (Å²) in [7, 11) is 0. The number of hydrogen-bond donors (Lipinski definition) is 1. The van der Waals surface area contributed by atoms with Crippen LogP contribution in [0.15, 0.2) is 0 Å². The summed E-state index contributed by atoms with van der Waals surface area (Å²) < 4.78 is 47.4. The fraction of sp³-hybridized carbons (Fsp3) is 0.950. The van der Waals surface area contributed by atoms with Crippen molar-refractivity contribution in [2.75, 3.05) is 0 Å². The lowest BCUT2D eigenvalue weighted by Gasteiger charge is -2.44. The van der Waals surface area contributed by atoms with E-state index in [0.717, 1.165) is 0 Å². The monoisotopic (exact) mass is 432 g/mol. The van der Waals surface area contributed by atoms with Crippen LogP contribution in [0.4, 0.5) is 0 Å². The Morgan fingerprint density at radius 1 is 0.800 bits per heavy atom. The molecular weight excluding hydrogens is 400 g/mol. The molecule has 0 unspecified atom stereocenters. The summed E-state index contributed by atoms with van der Waals surface area (Å²) in [6, 6.07) is 0. The summed E-state index contributed by atoms with van der Waals surface area (Å²) in [5.41, 5.74) is 0. The molecule has 4 rings (SSSR count). The molecule has 4 aliphatic heterocycles. The van der Waals surface area contributed by atoms with Crippen LogP contribution in [0.25, 0.3) is 0 Å². The molecule has 0 aromatic carbocycles. The molecule has 10 atom stereocenters. The Balaban J connectivity index is 1.55. The van der Waals surface area contributed by atoms with Gasteiger partial charge in [0.15, 0.2) is 30.3 Å². The molecule has 172 valence electrons. The summed E-state index contributed by atoms with van der Waals surface area (Å²) in [4.78, 5) is 11.6. The van der Waals surface area contributed by atoms with Crippen LogP contribution >= 0.6 is 0 Å². The van der Waals surface area contributed by atoms with Gasteiger partial charge in [-0.15, -0.1) is 0 Å². The van der Waals surface area contributed by atoms with Crippen molar-refractivity contribution in [2.45, 2.75) is 121 Å². The van der Waals surface area contributed by atoms with Gasteiger partial charge in [-0.3, -0.25) is 4.79 Å². The predicted molar refractivity (Wildman–Crippen MR) is 99.0 cm³/mol. The van der Waals surface area contributed by atoms with Crippen molar-refractivity contribution < 1.29 is 47.8 Å². The zero-order chi connectivity index (χ0) is 22.0. The van der Waals surface area contributed by atoms with Gasteiger partial charge < -0.3 is 43.0 Å². The van der Waals surface area contributed by atoms with Crippen molar-refractivity contribution in [2.24, 2.45) is 0 Å². The zero-order valence-corrected chi connectivity index (χ0v) is 18.4. The maximum absolute atomic E-state index is 11.6. The molecule has 0 aromatic rings. The van der Waals surface area contributed by atoms with E-state index in [1.54, 1.807) is 41.5 Å². The molecule has 0 aromatic heterocycles. The van der Waals surface area contributed by atoms with Crippen LogP contribution in [0.2, 0.25) is 0 Å². The third kappa shape index (κ3) is 4.12. The molecule has 10 heteroatoms. The molecule has 4 aliphatic rings. The van der Waals surface area contributed by atoms with Crippen molar-refractivity contribution >= 4 is 5.97 Å². The lowest BCUT2D eigenvalue weighted by Crippen LogP contribution is -2.62. The lowest BCUT2D eigenvalue weighted by atomic mass is 9.97. The molecular formula is C20H32O10. The molecule has 4 heterocycles. The van der Waals surface area contributed by atoms with Gasteiger partial charge >= 0.3 is 5.97 Å². The second-order valence-electron chi connectivity index (χ2n) is 9.25. The Morgan fingerprint density at radius 3 is 1.90 bits per heavy atom. The fourth-order valence-electron chi connectivity index (χ4n) is 4.66. The first-order valence-corrected chi connectivity index (χ1v) is 10.4. The average Bonchev–Trinajstić information content (AvgIpc) is 3.10. The van der Waals surface area contributed by atoms with Crippen molar-refractivity contribution in [1.82, 2.24) is 0 Å². The first-order valence-electron chi connectivity index (χ1n) is 10.4.